The van der Waals surface area contributed by atoms with Gasteiger partial charge in [0.05, 0.1) is 0 Å². The number of hydrogen-bond donors (Lipinski definition) is 2. The van der Waals surface area contributed by atoms with Crippen molar-refractivity contribution >= 4 is 33.4 Å². The van der Waals surface area contributed by atoms with E-state index in [1.54, 1.807) is 23.1 Å². The van der Waals surface area contributed by atoms with Crippen molar-refractivity contribution in [3.05, 3.63) is 28.2 Å². The lowest BCUT2D eigenvalue weighted by Crippen LogP contribution is -2.41. The van der Waals surface area contributed by atoms with Crippen LogP contribution in [0, 0.1) is 5.92 Å². The van der Waals surface area contributed by atoms with Gasteiger partial charge in [0.1, 0.15) is 0 Å². The molecule has 0 spiro atoms. The summed E-state index contributed by atoms with van der Waals surface area (Å²) in [6.45, 7) is 1.13. The van der Waals surface area contributed by atoms with Crippen LogP contribution in [0.1, 0.15) is 23.2 Å². The van der Waals surface area contributed by atoms with E-state index in [1.807, 2.05) is 0 Å². The molecule has 5 nitrogen and oxygen atoms in total. The van der Waals surface area contributed by atoms with Crippen LogP contribution < -0.4 is 11.5 Å². The van der Waals surface area contributed by atoms with Crippen molar-refractivity contribution < 1.29 is 9.59 Å². The van der Waals surface area contributed by atoms with Crippen molar-refractivity contribution in [1.82, 2.24) is 4.90 Å². The summed E-state index contributed by atoms with van der Waals surface area (Å²) in [4.78, 5) is 25.1. The van der Waals surface area contributed by atoms with Crippen LogP contribution in [0.5, 0.6) is 0 Å². The molecule has 0 saturated carbocycles. The fraction of sp³-hybridized carbons (Fsp3) is 0.385. The zero-order valence-corrected chi connectivity index (χ0v) is 12.0. The second-order valence-electron chi connectivity index (χ2n) is 4.71. The summed E-state index contributed by atoms with van der Waals surface area (Å²) in [6.07, 6.45) is 1.27. The number of amides is 2. The second-order valence-corrected chi connectivity index (χ2v) is 5.56. The van der Waals surface area contributed by atoms with Crippen molar-refractivity contribution in [3.63, 3.8) is 0 Å². The molecule has 102 valence electrons. The molecule has 0 atom stereocenters. The van der Waals surface area contributed by atoms with Crippen LogP contribution in [0.4, 0.5) is 5.69 Å². The fourth-order valence-electron chi connectivity index (χ4n) is 2.21. The number of nitrogens with two attached hydrogens (primary N) is 2. The van der Waals surface area contributed by atoms with Crippen LogP contribution in [0.3, 0.4) is 0 Å². The first-order valence-corrected chi connectivity index (χ1v) is 6.92. The van der Waals surface area contributed by atoms with Gasteiger partial charge in [-0.25, -0.2) is 0 Å². The number of nitrogens with zero attached hydrogens (tertiary/aromatic N) is 1. The molecule has 0 unspecified atom stereocenters. The third kappa shape index (κ3) is 3.07. The third-order valence-electron chi connectivity index (χ3n) is 3.43. The molecule has 6 heteroatoms. The van der Waals surface area contributed by atoms with Crippen molar-refractivity contribution in [3.8, 4) is 0 Å². The van der Waals surface area contributed by atoms with Crippen LogP contribution in [0.25, 0.3) is 0 Å². The number of benzene rings is 1. The highest BCUT2D eigenvalue weighted by molar-refractivity contribution is 9.10. The number of likely N-dealkylation sites (tertiary alicyclic amines) is 1. The van der Waals surface area contributed by atoms with E-state index in [4.69, 9.17) is 11.5 Å². The maximum absolute atomic E-state index is 12.3. The Labute approximate surface area is 120 Å². The molecule has 1 aromatic rings. The van der Waals surface area contributed by atoms with E-state index in [-0.39, 0.29) is 17.7 Å². The SMILES string of the molecule is NC(=O)C1CCN(C(=O)c2ccc(N)c(Br)c2)CC1. The lowest BCUT2D eigenvalue weighted by atomic mass is 9.96. The number of halogens is 1. The Morgan fingerprint density at radius 1 is 1.26 bits per heavy atom. The standard InChI is InChI=1S/C13H16BrN3O2/c14-10-7-9(1-2-11(10)15)13(19)17-5-3-8(4-6-17)12(16)18/h1-2,7-8H,3-6,15H2,(H2,16,18). The predicted octanol–water partition coefficient (Wildman–Crippen LogP) is 1.37. The lowest BCUT2D eigenvalue weighted by molar-refractivity contribution is -0.123. The summed E-state index contributed by atoms with van der Waals surface area (Å²) in [6, 6.07) is 5.13. The third-order valence-corrected chi connectivity index (χ3v) is 4.12. The topological polar surface area (TPSA) is 89.4 Å². The Bertz CT molecular complexity index is 511. The molecule has 2 amide bonds. The van der Waals surface area contributed by atoms with Crippen LogP contribution >= 0.6 is 15.9 Å². The van der Waals surface area contributed by atoms with Crippen molar-refractivity contribution in [1.29, 1.82) is 0 Å². The largest absolute Gasteiger partial charge is 0.398 e. The molecule has 0 bridgehead atoms. The molecule has 1 aromatic carbocycles. The molecule has 0 radical (unpaired) electrons. The number of anilines is 1. The quantitative estimate of drug-likeness (QED) is 0.805. The summed E-state index contributed by atoms with van der Waals surface area (Å²) in [7, 11) is 0. The van der Waals surface area contributed by atoms with Gasteiger partial charge in [-0.3, -0.25) is 9.59 Å². The number of piperidine rings is 1. The Balaban J connectivity index is 2.05. The highest BCUT2D eigenvalue weighted by Gasteiger charge is 2.26. The predicted molar refractivity (Wildman–Crippen MR) is 76.4 cm³/mol. The molecule has 0 aliphatic carbocycles. The minimum Gasteiger partial charge on any atom is -0.398 e. The molecular formula is C13H16BrN3O2. The number of rotatable bonds is 2. The molecule has 19 heavy (non-hydrogen) atoms. The Hall–Kier alpha value is -1.56. The molecule has 1 aliphatic heterocycles. The maximum Gasteiger partial charge on any atom is 0.253 e. The van der Waals surface area contributed by atoms with Crippen LogP contribution in [-0.2, 0) is 4.79 Å². The normalized spacial score (nSPS) is 16.4. The Morgan fingerprint density at radius 2 is 1.89 bits per heavy atom. The lowest BCUT2D eigenvalue weighted by Gasteiger charge is -2.30. The summed E-state index contributed by atoms with van der Waals surface area (Å²) in [5.74, 6) is -0.423. The van der Waals surface area contributed by atoms with Crippen LogP contribution in [-0.4, -0.2) is 29.8 Å². The number of carbonyl (C=O) groups is 2. The smallest absolute Gasteiger partial charge is 0.253 e. The highest BCUT2D eigenvalue weighted by atomic mass is 79.9. The van der Waals surface area contributed by atoms with E-state index in [0.717, 1.165) is 0 Å². The minimum absolute atomic E-state index is 0.0383. The summed E-state index contributed by atoms with van der Waals surface area (Å²) in [5.41, 5.74) is 12.2. The van der Waals surface area contributed by atoms with E-state index in [0.29, 0.717) is 41.7 Å². The van der Waals surface area contributed by atoms with Crippen molar-refractivity contribution in [2.45, 2.75) is 12.8 Å². The zero-order chi connectivity index (χ0) is 14.0. The first-order valence-electron chi connectivity index (χ1n) is 6.12. The minimum atomic E-state index is -0.276. The Kier molecular flexibility index (Phi) is 4.09. The van der Waals surface area contributed by atoms with Gasteiger partial charge in [-0.15, -0.1) is 0 Å². The number of hydrogen-bond acceptors (Lipinski definition) is 3. The zero-order valence-electron chi connectivity index (χ0n) is 10.4. The molecule has 1 saturated heterocycles. The van der Waals surface area contributed by atoms with Crippen molar-refractivity contribution in [2.75, 3.05) is 18.8 Å². The van der Waals surface area contributed by atoms with Gasteiger partial charge < -0.3 is 16.4 Å². The van der Waals surface area contributed by atoms with E-state index in [1.165, 1.54) is 0 Å². The first kappa shape index (κ1) is 13.9. The van der Waals surface area contributed by atoms with E-state index < -0.39 is 0 Å². The first-order chi connectivity index (χ1) is 8.99. The average molecular weight is 326 g/mol. The van der Waals surface area contributed by atoms with E-state index in [2.05, 4.69) is 15.9 Å². The van der Waals surface area contributed by atoms with Gasteiger partial charge in [0.25, 0.3) is 5.91 Å². The maximum atomic E-state index is 12.3. The fourth-order valence-corrected chi connectivity index (χ4v) is 2.59. The van der Waals surface area contributed by atoms with Gasteiger partial charge in [-0.2, -0.15) is 0 Å². The van der Waals surface area contributed by atoms with Crippen molar-refractivity contribution in [2.24, 2.45) is 11.7 Å². The van der Waals surface area contributed by atoms with Gasteiger partial charge in [-0.1, -0.05) is 0 Å². The average Bonchev–Trinajstić information content (AvgIpc) is 2.41. The molecular weight excluding hydrogens is 310 g/mol. The van der Waals surface area contributed by atoms with Gasteiger partial charge in [0, 0.05) is 34.7 Å². The number of primary amides is 1. The van der Waals surface area contributed by atoms with Gasteiger partial charge in [0.2, 0.25) is 5.91 Å². The highest BCUT2D eigenvalue weighted by Crippen LogP contribution is 2.23. The van der Waals surface area contributed by atoms with E-state index >= 15 is 0 Å². The summed E-state index contributed by atoms with van der Waals surface area (Å²) < 4.78 is 0.713. The van der Waals surface area contributed by atoms with Gasteiger partial charge >= 0.3 is 0 Å². The van der Waals surface area contributed by atoms with Crippen LogP contribution in [0.15, 0.2) is 22.7 Å². The molecule has 1 aliphatic rings. The molecule has 2 rings (SSSR count). The molecule has 1 fully saturated rings. The molecule has 4 N–H and O–H groups in total. The second kappa shape index (κ2) is 5.61. The number of carbonyl (C=O) groups excluding carboxylic acids is 2. The monoisotopic (exact) mass is 325 g/mol. The van der Waals surface area contributed by atoms with Gasteiger partial charge in [-0.05, 0) is 47.0 Å². The van der Waals surface area contributed by atoms with Gasteiger partial charge in [0.15, 0.2) is 0 Å². The molecule has 0 aromatic heterocycles. The number of nitrogen functional groups attached to an aromatic ring is 1. The Morgan fingerprint density at radius 3 is 2.42 bits per heavy atom. The summed E-state index contributed by atoms with van der Waals surface area (Å²) >= 11 is 3.31. The van der Waals surface area contributed by atoms with E-state index in [9.17, 15) is 9.59 Å². The molecule has 1 heterocycles. The summed E-state index contributed by atoms with van der Waals surface area (Å²) in [5, 5.41) is 0. The van der Waals surface area contributed by atoms with Crippen LogP contribution in [0.2, 0.25) is 0 Å².